The molecule has 126 valence electrons. The zero-order valence-corrected chi connectivity index (χ0v) is 14.7. The molecule has 0 bridgehead atoms. The Morgan fingerprint density at radius 3 is 2.54 bits per heavy atom. The topological polar surface area (TPSA) is 42.2 Å². The number of aromatic nitrogens is 3. The molecule has 0 aliphatic carbocycles. The number of benzene rings is 2. The first-order chi connectivity index (χ1) is 12.7. The van der Waals surface area contributed by atoms with E-state index >= 15 is 0 Å². The van der Waals surface area contributed by atoms with Gasteiger partial charge in [-0.25, -0.2) is 4.98 Å². The van der Waals surface area contributed by atoms with Gasteiger partial charge in [-0.15, -0.1) is 0 Å². The highest BCUT2D eigenvalue weighted by atomic mass is 15.1. The second-order valence-corrected chi connectivity index (χ2v) is 6.75. The van der Waals surface area contributed by atoms with Gasteiger partial charge >= 0.3 is 0 Å². The molecule has 0 spiro atoms. The molecule has 1 N–H and O–H groups in total. The highest BCUT2D eigenvalue weighted by Gasteiger charge is 2.12. The summed E-state index contributed by atoms with van der Waals surface area (Å²) in [4.78, 5) is 9.27. The summed E-state index contributed by atoms with van der Waals surface area (Å²) in [6.07, 6.45) is 3.72. The van der Waals surface area contributed by atoms with Gasteiger partial charge in [0.05, 0.1) is 17.2 Å². The van der Waals surface area contributed by atoms with Crippen molar-refractivity contribution in [1.82, 2.24) is 14.4 Å². The van der Waals surface area contributed by atoms with Crippen molar-refractivity contribution in [2.45, 2.75) is 13.8 Å². The summed E-state index contributed by atoms with van der Waals surface area (Å²) < 4.78 is 2.17. The lowest BCUT2D eigenvalue weighted by Gasteiger charge is -2.12. The number of pyridine rings is 1. The smallest absolute Gasteiger partial charge is 0.142 e. The molecule has 0 aliphatic heterocycles. The maximum Gasteiger partial charge on any atom is 0.142 e. The molecule has 0 unspecified atom stereocenters. The van der Waals surface area contributed by atoms with Gasteiger partial charge in [-0.05, 0) is 55.3 Å². The molecule has 2 aromatic carbocycles. The van der Waals surface area contributed by atoms with Crippen molar-refractivity contribution >= 4 is 39.0 Å². The second kappa shape index (κ2) is 5.56. The van der Waals surface area contributed by atoms with E-state index in [9.17, 15) is 0 Å². The van der Waals surface area contributed by atoms with Gasteiger partial charge in [-0.3, -0.25) is 9.38 Å². The minimum Gasteiger partial charge on any atom is -0.340 e. The molecule has 5 rings (SSSR count). The van der Waals surface area contributed by atoms with Crippen molar-refractivity contribution < 1.29 is 0 Å². The Balaban J connectivity index is 1.80. The monoisotopic (exact) mass is 338 g/mol. The Hall–Kier alpha value is -3.40. The predicted octanol–water partition coefficient (Wildman–Crippen LogP) is 5.40. The van der Waals surface area contributed by atoms with Crippen LogP contribution < -0.4 is 5.32 Å². The Bertz CT molecular complexity index is 1260. The SMILES string of the molecule is Cc1cc(C)cc(Nc2nc3cc4ccccc4n3c3cnccc23)c1. The van der Waals surface area contributed by atoms with Gasteiger partial charge in [0.2, 0.25) is 0 Å². The van der Waals surface area contributed by atoms with Crippen LogP contribution in [0.2, 0.25) is 0 Å². The molecule has 0 saturated heterocycles. The van der Waals surface area contributed by atoms with Crippen LogP contribution in [0.25, 0.3) is 27.5 Å². The molecule has 4 nitrogen and oxygen atoms in total. The second-order valence-electron chi connectivity index (χ2n) is 6.75. The number of aryl methyl sites for hydroxylation is 2. The Morgan fingerprint density at radius 1 is 0.885 bits per heavy atom. The van der Waals surface area contributed by atoms with E-state index in [1.165, 1.54) is 16.5 Å². The van der Waals surface area contributed by atoms with E-state index in [0.29, 0.717) is 0 Å². The number of nitrogens with zero attached hydrogens (tertiary/aromatic N) is 3. The van der Waals surface area contributed by atoms with Crippen LogP contribution in [0.1, 0.15) is 11.1 Å². The third-order valence-corrected chi connectivity index (χ3v) is 4.70. The van der Waals surface area contributed by atoms with Crippen LogP contribution in [-0.2, 0) is 0 Å². The highest BCUT2D eigenvalue weighted by Crippen LogP contribution is 2.30. The molecule has 0 fully saturated rings. The van der Waals surface area contributed by atoms with Crippen LogP contribution in [-0.4, -0.2) is 14.4 Å². The lowest BCUT2D eigenvalue weighted by molar-refractivity contribution is 1.21. The third kappa shape index (κ3) is 2.30. The van der Waals surface area contributed by atoms with Gasteiger partial charge in [-0.2, -0.15) is 0 Å². The maximum atomic E-state index is 4.92. The minimum atomic E-state index is 0.850. The van der Waals surface area contributed by atoms with Crippen molar-refractivity contribution in [2.24, 2.45) is 0 Å². The molecule has 0 radical (unpaired) electrons. The van der Waals surface area contributed by atoms with Crippen LogP contribution in [0.15, 0.2) is 67.0 Å². The molecule has 0 aliphatic rings. The molecule has 5 aromatic rings. The summed E-state index contributed by atoms with van der Waals surface area (Å²) in [6, 6.07) is 18.9. The molecular weight excluding hydrogens is 320 g/mol. The average Bonchev–Trinajstić information content (AvgIpc) is 2.99. The zero-order chi connectivity index (χ0) is 17.7. The Morgan fingerprint density at radius 2 is 1.69 bits per heavy atom. The van der Waals surface area contributed by atoms with Crippen molar-refractivity contribution in [1.29, 1.82) is 0 Å². The lowest BCUT2D eigenvalue weighted by atomic mass is 10.1. The van der Waals surface area contributed by atoms with Crippen LogP contribution in [0.3, 0.4) is 0 Å². The number of rotatable bonds is 2. The number of para-hydroxylation sites is 1. The molecule has 0 saturated carbocycles. The van der Waals surface area contributed by atoms with Crippen molar-refractivity contribution in [3.8, 4) is 0 Å². The summed E-state index contributed by atoms with van der Waals surface area (Å²) >= 11 is 0. The first-order valence-corrected chi connectivity index (χ1v) is 8.68. The van der Waals surface area contributed by atoms with Crippen molar-refractivity contribution in [3.63, 3.8) is 0 Å². The largest absolute Gasteiger partial charge is 0.340 e. The fourth-order valence-electron chi connectivity index (χ4n) is 3.69. The zero-order valence-electron chi connectivity index (χ0n) is 14.7. The molecule has 3 aromatic heterocycles. The summed E-state index contributed by atoms with van der Waals surface area (Å²) in [5.74, 6) is 0.850. The van der Waals surface area contributed by atoms with E-state index in [-0.39, 0.29) is 0 Å². The van der Waals surface area contributed by atoms with E-state index < -0.39 is 0 Å². The predicted molar refractivity (Wildman–Crippen MR) is 107 cm³/mol. The first-order valence-electron chi connectivity index (χ1n) is 8.68. The number of anilines is 2. The van der Waals surface area contributed by atoms with Gasteiger partial charge < -0.3 is 5.32 Å². The van der Waals surface area contributed by atoms with Gasteiger partial charge in [0.15, 0.2) is 0 Å². The fraction of sp³-hybridized carbons (Fsp3) is 0.0909. The molecular formula is C22H18N4. The summed E-state index contributed by atoms with van der Waals surface area (Å²) in [6.45, 7) is 4.22. The standard InChI is InChI=1S/C22H18N4/c1-14-9-15(2)11-17(10-14)24-22-18-7-8-23-13-20(18)26-19-6-4-3-5-16(19)12-21(26)25-22/h3-13H,1-2H3,(H,24,25). The number of fused-ring (bicyclic) bond motifs is 5. The minimum absolute atomic E-state index is 0.850. The normalized spacial score (nSPS) is 11.5. The molecule has 26 heavy (non-hydrogen) atoms. The number of nitrogens with one attached hydrogen (secondary N) is 1. The maximum absolute atomic E-state index is 4.92. The van der Waals surface area contributed by atoms with Crippen molar-refractivity contribution in [2.75, 3.05) is 5.32 Å². The van der Waals surface area contributed by atoms with Gasteiger partial charge in [-0.1, -0.05) is 24.3 Å². The van der Waals surface area contributed by atoms with Gasteiger partial charge in [0.1, 0.15) is 11.5 Å². The summed E-state index contributed by atoms with van der Waals surface area (Å²) in [5, 5.41) is 5.74. The summed E-state index contributed by atoms with van der Waals surface area (Å²) in [7, 11) is 0. The van der Waals surface area contributed by atoms with Crippen LogP contribution in [0.4, 0.5) is 11.5 Å². The fourth-order valence-corrected chi connectivity index (χ4v) is 3.69. The summed E-state index contributed by atoms with van der Waals surface area (Å²) in [5.41, 5.74) is 6.62. The van der Waals surface area contributed by atoms with E-state index in [1.54, 1.807) is 0 Å². The number of hydrogen-bond acceptors (Lipinski definition) is 3. The van der Waals surface area contributed by atoms with E-state index in [0.717, 1.165) is 33.6 Å². The van der Waals surface area contributed by atoms with Gasteiger partial charge in [0.25, 0.3) is 0 Å². The van der Waals surface area contributed by atoms with Crippen LogP contribution >= 0.6 is 0 Å². The molecule has 4 heteroatoms. The van der Waals surface area contributed by atoms with Crippen molar-refractivity contribution in [3.05, 3.63) is 78.1 Å². The van der Waals surface area contributed by atoms with Crippen LogP contribution in [0.5, 0.6) is 0 Å². The number of hydrogen-bond donors (Lipinski definition) is 1. The first kappa shape index (κ1) is 14.9. The highest BCUT2D eigenvalue weighted by molar-refractivity contribution is 5.98. The average molecular weight is 338 g/mol. The lowest BCUT2D eigenvalue weighted by Crippen LogP contribution is -2.00. The van der Waals surface area contributed by atoms with Gasteiger partial charge in [0, 0.05) is 22.7 Å². The van der Waals surface area contributed by atoms with E-state index in [4.69, 9.17) is 4.98 Å². The van der Waals surface area contributed by atoms with E-state index in [2.05, 4.69) is 77.1 Å². The van der Waals surface area contributed by atoms with E-state index in [1.807, 2.05) is 18.5 Å². The Labute approximate surface area is 151 Å². The Kier molecular flexibility index (Phi) is 3.19. The third-order valence-electron chi connectivity index (χ3n) is 4.70. The molecule has 3 heterocycles. The molecule has 0 atom stereocenters. The molecule has 0 amide bonds. The van der Waals surface area contributed by atoms with Crippen LogP contribution in [0, 0.1) is 13.8 Å². The quantitative estimate of drug-likeness (QED) is 0.469.